The van der Waals surface area contributed by atoms with E-state index >= 15 is 0 Å². The van der Waals surface area contributed by atoms with Crippen LogP contribution >= 0.6 is 45.2 Å². The Morgan fingerprint density at radius 3 is 1.80 bits per heavy atom. The lowest BCUT2D eigenvalue weighted by Crippen LogP contribution is -1.76. The van der Waals surface area contributed by atoms with Crippen LogP contribution in [0.5, 0.6) is 0 Å². The van der Waals surface area contributed by atoms with Crippen molar-refractivity contribution >= 4 is 61.5 Å². The van der Waals surface area contributed by atoms with Gasteiger partial charge in [-0.05, 0) is 0 Å². The molecule has 0 aliphatic carbocycles. The molecule has 0 amide bonds. The molecule has 0 aromatic carbocycles. The van der Waals surface area contributed by atoms with Gasteiger partial charge in [0.05, 0.1) is 1.93 Å². The van der Waals surface area contributed by atoms with Crippen LogP contribution in [0.15, 0.2) is 0 Å². The van der Waals surface area contributed by atoms with Gasteiger partial charge in [0.15, 0.2) is 0 Å². The van der Waals surface area contributed by atoms with Crippen LogP contribution in [0.25, 0.3) is 0 Å². The number of halogens is 2. The molecular weight excluding hydrogens is 305 g/mol. The zero-order valence-corrected chi connectivity index (χ0v) is 9.36. The van der Waals surface area contributed by atoms with Gasteiger partial charge in [-0.15, -0.1) is 0 Å². The molecule has 0 spiro atoms. The van der Waals surface area contributed by atoms with Crippen LogP contribution < -0.4 is 0 Å². The summed E-state index contributed by atoms with van der Waals surface area (Å²) in [6.45, 7) is 0. The van der Waals surface area contributed by atoms with Crippen LogP contribution in [0.3, 0.4) is 0 Å². The van der Waals surface area contributed by atoms with E-state index in [1.807, 2.05) is 0 Å². The molecule has 0 aromatic heterocycles. The first-order chi connectivity index (χ1) is 2.27. The van der Waals surface area contributed by atoms with E-state index < -0.39 is 0 Å². The molecular formula is C2H5AlI2. The molecule has 0 saturated carbocycles. The maximum Gasteiger partial charge on any atom is 0.214 e. The van der Waals surface area contributed by atoms with Crippen LogP contribution in [0.2, 0.25) is 5.28 Å². The second-order valence-corrected chi connectivity index (χ2v) is 7.01. The fourth-order valence-electron chi connectivity index (χ4n) is 0. The molecule has 0 bridgehead atoms. The van der Waals surface area contributed by atoms with Crippen molar-refractivity contribution in [2.45, 2.75) is 7.21 Å². The molecule has 0 nitrogen and oxygen atoms in total. The van der Waals surface area contributed by atoms with E-state index in [4.69, 9.17) is 0 Å². The Labute approximate surface area is 67.8 Å². The summed E-state index contributed by atoms with van der Waals surface area (Å²) in [5, 5.41) is 1.42. The van der Waals surface area contributed by atoms with Crippen molar-refractivity contribution in [3.05, 3.63) is 0 Å². The second-order valence-electron chi connectivity index (χ2n) is 0.799. The maximum absolute atomic E-state index is 2.43. The van der Waals surface area contributed by atoms with Gasteiger partial charge < -0.3 is 0 Å². The Balaban J connectivity index is 2.54. The van der Waals surface area contributed by atoms with Gasteiger partial charge in [-0.1, -0.05) is 50.5 Å². The molecule has 0 aliphatic heterocycles. The SMILES string of the molecule is [AlH2][CH2]C(I)I. The zero-order valence-electron chi connectivity index (χ0n) is 3.04. The molecule has 0 radical (unpaired) electrons. The van der Waals surface area contributed by atoms with Gasteiger partial charge in [-0.3, -0.25) is 0 Å². The van der Waals surface area contributed by atoms with Gasteiger partial charge in [0.2, 0.25) is 16.3 Å². The van der Waals surface area contributed by atoms with Gasteiger partial charge in [0, 0.05) is 0 Å². The summed E-state index contributed by atoms with van der Waals surface area (Å²) in [5.74, 6) is 0. The highest BCUT2D eigenvalue weighted by atomic mass is 127. The maximum atomic E-state index is 2.43. The van der Waals surface area contributed by atoms with E-state index in [1.54, 1.807) is 0 Å². The summed E-state index contributed by atoms with van der Waals surface area (Å²) in [6, 6.07) is 0. The summed E-state index contributed by atoms with van der Waals surface area (Å²) in [5.41, 5.74) is 0. The van der Waals surface area contributed by atoms with Gasteiger partial charge in [0.1, 0.15) is 0 Å². The fraction of sp³-hybridized carbons (Fsp3) is 1.00. The highest BCUT2D eigenvalue weighted by molar-refractivity contribution is 14.2. The standard InChI is InChI=1S/C2H3I2.Al.2H/c1-2(3)4;;;/h2H,1H2;;;. The van der Waals surface area contributed by atoms with Crippen LogP contribution in [-0.4, -0.2) is 18.2 Å². The van der Waals surface area contributed by atoms with E-state index in [2.05, 4.69) is 45.2 Å². The Morgan fingerprint density at radius 2 is 1.80 bits per heavy atom. The van der Waals surface area contributed by atoms with E-state index in [-0.39, 0.29) is 0 Å². The lowest BCUT2D eigenvalue weighted by atomic mass is 11.0. The normalized spacial score (nSPS) is 9.40. The summed E-state index contributed by atoms with van der Waals surface area (Å²) < 4.78 is 0.886. The molecule has 0 saturated heterocycles. The molecule has 30 valence electrons. The van der Waals surface area contributed by atoms with Crippen molar-refractivity contribution in [2.24, 2.45) is 0 Å². The third kappa shape index (κ3) is 5.99. The lowest BCUT2D eigenvalue weighted by molar-refractivity contribution is 1.51. The van der Waals surface area contributed by atoms with Crippen molar-refractivity contribution in [2.75, 3.05) is 0 Å². The number of rotatable bonds is 1. The highest BCUT2D eigenvalue weighted by Crippen LogP contribution is 2.11. The smallest absolute Gasteiger partial charge is 0.0812 e. The predicted octanol–water partition coefficient (Wildman–Crippen LogP) is 1.23. The van der Waals surface area contributed by atoms with Crippen molar-refractivity contribution in [1.82, 2.24) is 0 Å². The summed E-state index contributed by atoms with van der Waals surface area (Å²) in [6.07, 6.45) is 0. The van der Waals surface area contributed by atoms with Crippen molar-refractivity contribution < 1.29 is 0 Å². The molecule has 3 heteroatoms. The van der Waals surface area contributed by atoms with Crippen LogP contribution in [0.1, 0.15) is 0 Å². The minimum Gasteiger partial charge on any atom is -0.0812 e. The van der Waals surface area contributed by atoms with Crippen LogP contribution in [-0.2, 0) is 0 Å². The first kappa shape index (κ1) is 6.99. The average molecular weight is 310 g/mol. The molecule has 0 unspecified atom stereocenters. The molecule has 0 atom stereocenters. The molecule has 0 heterocycles. The summed E-state index contributed by atoms with van der Waals surface area (Å²) in [7, 11) is 0. The molecule has 0 aromatic rings. The van der Waals surface area contributed by atoms with Gasteiger partial charge >= 0.3 is 0 Å². The average Bonchev–Trinajstić information content (AvgIpc) is 1.38. The minimum atomic E-state index is 0.886. The molecule has 0 aliphatic rings. The highest BCUT2D eigenvalue weighted by Gasteiger charge is 1.85. The topological polar surface area (TPSA) is 0 Å². The molecule has 5 heavy (non-hydrogen) atoms. The Kier molecular flexibility index (Phi) is 5.82. The first-order valence-electron chi connectivity index (χ1n) is 1.55. The van der Waals surface area contributed by atoms with Crippen LogP contribution in [0, 0.1) is 0 Å². The number of alkyl halides is 2. The number of hydrogen-bond acceptors (Lipinski definition) is 0. The van der Waals surface area contributed by atoms with Crippen LogP contribution in [0.4, 0.5) is 0 Å². The summed E-state index contributed by atoms with van der Waals surface area (Å²) >= 11 is 6.21. The third-order valence-electron chi connectivity index (χ3n) is 0.309. The lowest BCUT2D eigenvalue weighted by Gasteiger charge is -1.85. The van der Waals surface area contributed by atoms with Crippen molar-refractivity contribution in [3.8, 4) is 0 Å². The van der Waals surface area contributed by atoms with Gasteiger partial charge in [0.25, 0.3) is 0 Å². The third-order valence-corrected chi connectivity index (χ3v) is 6.21. The summed E-state index contributed by atoms with van der Waals surface area (Å²) in [4.78, 5) is 0. The monoisotopic (exact) mass is 310 g/mol. The van der Waals surface area contributed by atoms with E-state index in [1.165, 1.54) is 21.6 Å². The molecule has 0 N–H and O–H groups in total. The number of hydrogen-bond donors (Lipinski definition) is 0. The van der Waals surface area contributed by atoms with Crippen molar-refractivity contribution in [1.29, 1.82) is 0 Å². The fourth-order valence-corrected chi connectivity index (χ4v) is 0. The minimum absolute atomic E-state index is 0.886. The quantitative estimate of drug-likeness (QED) is 0.388. The molecule has 0 rings (SSSR count). The van der Waals surface area contributed by atoms with E-state index in [0.29, 0.717) is 0 Å². The van der Waals surface area contributed by atoms with E-state index in [0.717, 1.165) is 1.93 Å². The first-order valence-corrected chi connectivity index (χ1v) is 5.46. The van der Waals surface area contributed by atoms with E-state index in [9.17, 15) is 0 Å². The molecule has 0 fully saturated rings. The van der Waals surface area contributed by atoms with Crippen molar-refractivity contribution in [3.63, 3.8) is 0 Å². The Morgan fingerprint density at radius 1 is 1.60 bits per heavy atom. The Bertz CT molecular complexity index is 21.6. The predicted molar refractivity (Wildman–Crippen MR) is 45.2 cm³/mol. The Hall–Kier alpha value is 1.99. The van der Waals surface area contributed by atoms with Gasteiger partial charge in [-0.25, -0.2) is 0 Å². The second kappa shape index (κ2) is 4.16. The zero-order chi connectivity index (χ0) is 4.28. The van der Waals surface area contributed by atoms with Gasteiger partial charge in [-0.2, -0.15) is 0 Å². The largest absolute Gasteiger partial charge is 0.214 e.